The molecule has 5 aromatic rings. The third-order valence-electron chi connectivity index (χ3n) is 9.42. The van der Waals surface area contributed by atoms with E-state index in [1.54, 1.807) is 12.3 Å². The van der Waals surface area contributed by atoms with Gasteiger partial charge in [-0.15, -0.1) is 0 Å². The van der Waals surface area contributed by atoms with E-state index in [0.29, 0.717) is 36.1 Å². The molecule has 4 heterocycles. The van der Waals surface area contributed by atoms with Gasteiger partial charge in [-0.25, -0.2) is 15.0 Å². The number of benzene rings is 2. The van der Waals surface area contributed by atoms with Gasteiger partial charge < -0.3 is 19.4 Å². The Morgan fingerprint density at radius 3 is 2.59 bits per heavy atom. The molecule has 3 atom stereocenters. The number of fused-ring (bicyclic) bond motifs is 5. The van der Waals surface area contributed by atoms with Crippen LogP contribution in [0, 0.1) is 25.2 Å². The molecule has 2 aliphatic rings. The van der Waals surface area contributed by atoms with Crippen LogP contribution in [0.5, 0.6) is 5.88 Å². The molecule has 9 nitrogen and oxygen atoms in total. The maximum Gasteiger partial charge on any atom is 0.245 e. The van der Waals surface area contributed by atoms with Crippen LogP contribution >= 0.6 is 11.9 Å². The van der Waals surface area contributed by atoms with Crippen LogP contribution in [0.1, 0.15) is 67.2 Å². The number of aliphatic hydroxyl groups is 2. The largest absolute Gasteiger partial charge is 0.477 e. The number of hydrogen-bond acceptors (Lipinski definition) is 10. The van der Waals surface area contributed by atoms with Gasteiger partial charge in [0.05, 0.1) is 30.8 Å². The number of furan rings is 1. The molecule has 1 fully saturated rings. The summed E-state index contributed by atoms with van der Waals surface area (Å²) in [6.45, 7) is 8.10. The first-order valence-corrected chi connectivity index (χ1v) is 16.6. The standard InChI is InChI=1S/C36H39N5O4S/c1-21-7-5-8-22(2)32(21)28-16-31-40-34(39-28)41-46-26-10-6-9-23(13-26)27(24(19-44-31)17-35(3)11-12-35)14-25-18-37-33-29(38-25)15-30(45-33)36(4,43)20-42/h5-10,13,15-16,18,24,27,42-43H,11-12,14,17,19-20H2,1-4H3,(H,39,40,41). The van der Waals surface area contributed by atoms with Crippen molar-refractivity contribution in [1.29, 1.82) is 0 Å². The number of anilines is 1. The minimum Gasteiger partial charge on any atom is -0.477 e. The van der Waals surface area contributed by atoms with Gasteiger partial charge in [-0.2, -0.15) is 4.98 Å². The number of aryl methyl sites for hydroxylation is 2. The van der Waals surface area contributed by atoms with Gasteiger partial charge in [0.2, 0.25) is 17.5 Å². The summed E-state index contributed by atoms with van der Waals surface area (Å²) < 4.78 is 15.7. The Bertz CT molecular complexity index is 1880. The highest BCUT2D eigenvalue weighted by Gasteiger charge is 2.42. The Morgan fingerprint density at radius 2 is 1.83 bits per heavy atom. The highest BCUT2D eigenvalue weighted by molar-refractivity contribution is 8.00. The van der Waals surface area contributed by atoms with E-state index < -0.39 is 12.2 Å². The zero-order valence-electron chi connectivity index (χ0n) is 26.6. The lowest BCUT2D eigenvalue weighted by atomic mass is 9.78. The Balaban J connectivity index is 1.27. The van der Waals surface area contributed by atoms with E-state index in [-0.39, 0.29) is 23.0 Å². The van der Waals surface area contributed by atoms with E-state index in [0.717, 1.165) is 39.4 Å². The smallest absolute Gasteiger partial charge is 0.245 e. The molecular formula is C36H39N5O4S. The second-order valence-corrected chi connectivity index (χ2v) is 14.3. The minimum atomic E-state index is -1.51. The van der Waals surface area contributed by atoms with E-state index in [1.807, 2.05) is 6.07 Å². The molecule has 46 heavy (non-hydrogen) atoms. The molecule has 10 heteroatoms. The average Bonchev–Trinajstić information content (AvgIpc) is 3.60. The molecule has 0 spiro atoms. The van der Waals surface area contributed by atoms with Gasteiger partial charge in [0.15, 0.2) is 0 Å². The van der Waals surface area contributed by atoms with Gasteiger partial charge in [0.25, 0.3) is 0 Å². The number of rotatable bonds is 7. The van der Waals surface area contributed by atoms with Crippen molar-refractivity contribution in [3.63, 3.8) is 0 Å². The van der Waals surface area contributed by atoms with Crippen molar-refractivity contribution >= 4 is 29.1 Å². The number of ether oxygens (including phenoxy) is 1. The monoisotopic (exact) mass is 637 g/mol. The van der Waals surface area contributed by atoms with Crippen molar-refractivity contribution in [2.24, 2.45) is 11.3 Å². The van der Waals surface area contributed by atoms with Gasteiger partial charge in [-0.05, 0) is 98.6 Å². The van der Waals surface area contributed by atoms with Crippen molar-refractivity contribution in [3.05, 3.63) is 88.9 Å². The first kappa shape index (κ1) is 30.7. The van der Waals surface area contributed by atoms with Gasteiger partial charge in [0.1, 0.15) is 16.9 Å². The lowest BCUT2D eigenvalue weighted by Gasteiger charge is -2.30. The number of aromatic nitrogens is 4. The maximum atomic E-state index is 10.5. The first-order valence-electron chi connectivity index (χ1n) is 15.8. The summed E-state index contributed by atoms with van der Waals surface area (Å²) in [6.07, 6.45) is 5.83. The van der Waals surface area contributed by atoms with Crippen molar-refractivity contribution in [1.82, 2.24) is 19.9 Å². The molecular weight excluding hydrogens is 598 g/mol. The molecule has 7 rings (SSSR count). The van der Waals surface area contributed by atoms with E-state index >= 15 is 0 Å². The molecule has 3 unspecified atom stereocenters. The number of aliphatic hydroxyl groups excluding tert-OH is 1. The van der Waals surface area contributed by atoms with Crippen molar-refractivity contribution in [2.75, 3.05) is 17.9 Å². The second kappa shape index (κ2) is 12.0. The fourth-order valence-corrected chi connectivity index (χ4v) is 7.09. The molecule has 3 N–H and O–H groups in total. The van der Waals surface area contributed by atoms with Crippen LogP contribution in [0.3, 0.4) is 0 Å². The van der Waals surface area contributed by atoms with Crippen molar-refractivity contribution in [3.8, 4) is 17.1 Å². The van der Waals surface area contributed by atoms with Gasteiger partial charge in [0, 0.05) is 28.5 Å². The van der Waals surface area contributed by atoms with Gasteiger partial charge >= 0.3 is 0 Å². The molecule has 4 bridgehead atoms. The normalized spacial score (nSPS) is 20.1. The predicted octanol–water partition coefficient (Wildman–Crippen LogP) is 7.14. The van der Waals surface area contributed by atoms with E-state index in [4.69, 9.17) is 24.1 Å². The van der Waals surface area contributed by atoms with Crippen molar-refractivity contribution in [2.45, 2.75) is 69.8 Å². The van der Waals surface area contributed by atoms with Gasteiger partial charge in [-0.1, -0.05) is 37.3 Å². The average molecular weight is 638 g/mol. The van der Waals surface area contributed by atoms with Crippen LogP contribution in [0.15, 0.2) is 70.1 Å². The van der Waals surface area contributed by atoms with Crippen LogP contribution in [0.2, 0.25) is 0 Å². The van der Waals surface area contributed by atoms with Crippen LogP contribution in [-0.2, 0) is 12.0 Å². The summed E-state index contributed by atoms with van der Waals surface area (Å²) in [5, 5.41) is 20.2. The zero-order chi connectivity index (χ0) is 32.1. The highest BCUT2D eigenvalue weighted by atomic mass is 32.2. The lowest BCUT2D eigenvalue weighted by molar-refractivity contribution is -0.0185. The second-order valence-electron chi connectivity index (χ2n) is 13.4. The fraction of sp³-hybridized carbons (Fsp3) is 0.389. The molecule has 0 radical (unpaired) electrons. The molecule has 2 aromatic carbocycles. The summed E-state index contributed by atoms with van der Waals surface area (Å²) in [6, 6.07) is 18.5. The van der Waals surface area contributed by atoms with Crippen molar-refractivity contribution < 1.29 is 19.4 Å². The number of nitrogens with one attached hydrogen (secondary N) is 1. The first-order chi connectivity index (χ1) is 22.1. The third kappa shape index (κ3) is 6.34. The maximum absolute atomic E-state index is 10.5. The molecule has 0 saturated heterocycles. The van der Waals surface area contributed by atoms with Gasteiger partial charge in [-0.3, -0.25) is 4.72 Å². The van der Waals surface area contributed by atoms with E-state index in [1.165, 1.54) is 37.3 Å². The Labute approximate surface area is 273 Å². The predicted molar refractivity (Wildman–Crippen MR) is 179 cm³/mol. The molecule has 1 aliphatic carbocycles. The zero-order valence-corrected chi connectivity index (χ0v) is 27.4. The summed E-state index contributed by atoms with van der Waals surface area (Å²) in [4.78, 5) is 20.2. The topological polar surface area (TPSA) is 126 Å². The van der Waals surface area contributed by atoms with Crippen LogP contribution < -0.4 is 9.46 Å². The molecule has 0 amide bonds. The SMILES string of the molecule is Cc1cccc(C)c1-c1cc2nc(n1)NSc1cccc(c1)C(Cc1cnc3oc(C(C)(O)CO)cc3n1)C(CC1(C)CC1)CO2. The van der Waals surface area contributed by atoms with Crippen LogP contribution in [0.25, 0.3) is 22.5 Å². The molecule has 1 aliphatic heterocycles. The molecule has 1 saturated carbocycles. The summed E-state index contributed by atoms with van der Waals surface area (Å²) in [5.74, 6) is 1.57. The van der Waals surface area contributed by atoms with E-state index in [2.05, 4.69) is 72.9 Å². The molecule has 3 aromatic heterocycles. The Kier molecular flexibility index (Phi) is 7.99. The minimum absolute atomic E-state index is 0.0930. The fourth-order valence-electron chi connectivity index (χ4n) is 6.45. The summed E-state index contributed by atoms with van der Waals surface area (Å²) in [7, 11) is 0. The highest BCUT2D eigenvalue weighted by Crippen LogP contribution is 2.52. The van der Waals surface area contributed by atoms with Crippen LogP contribution in [0.4, 0.5) is 5.95 Å². The Morgan fingerprint density at radius 1 is 1.04 bits per heavy atom. The number of nitrogens with zero attached hydrogens (tertiary/aromatic N) is 4. The Hall–Kier alpha value is -3.99. The lowest BCUT2D eigenvalue weighted by Crippen LogP contribution is -2.26. The summed E-state index contributed by atoms with van der Waals surface area (Å²) >= 11 is 1.49. The molecule has 238 valence electrons. The quantitative estimate of drug-likeness (QED) is 0.159. The third-order valence-corrected chi connectivity index (χ3v) is 10.2. The van der Waals surface area contributed by atoms with E-state index in [9.17, 15) is 10.2 Å². The number of hydrogen-bond donors (Lipinski definition) is 3. The summed E-state index contributed by atoms with van der Waals surface area (Å²) in [5.41, 5.74) is 5.92. The van der Waals surface area contributed by atoms with Crippen LogP contribution in [-0.4, -0.2) is 43.4 Å².